The third-order valence-corrected chi connectivity index (χ3v) is 6.46. The van der Waals surface area contributed by atoms with Crippen LogP contribution in [-0.2, 0) is 15.5 Å². The van der Waals surface area contributed by atoms with E-state index < -0.39 is 41.2 Å². The summed E-state index contributed by atoms with van der Waals surface area (Å²) in [5.74, 6) is -7.50. The number of nitrogens with one attached hydrogen (secondary N) is 1. The van der Waals surface area contributed by atoms with Gasteiger partial charge in [-0.15, -0.1) is 0 Å². The van der Waals surface area contributed by atoms with E-state index in [0.717, 1.165) is 18.9 Å². The van der Waals surface area contributed by atoms with Gasteiger partial charge in [-0.25, -0.2) is 4.39 Å². The number of anilines is 1. The normalized spacial score (nSPS) is 14.7. The first-order valence-electron chi connectivity index (χ1n) is 12.1. The van der Waals surface area contributed by atoms with Crippen molar-refractivity contribution >= 4 is 17.6 Å². The molecule has 2 aromatic heterocycles. The van der Waals surface area contributed by atoms with Crippen LogP contribution in [0.2, 0.25) is 0 Å². The Morgan fingerprint density at radius 2 is 1.92 bits per heavy atom. The predicted molar refractivity (Wildman–Crippen MR) is 127 cm³/mol. The third kappa shape index (κ3) is 5.86. The molecular weight excluding hydrogens is 491 g/mol. The van der Waals surface area contributed by atoms with E-state index in [-0.39, 0.29) is 42.3 Å². The molecule has 11 heteroatoms. The Kier molecular flexibility index (Phi) is 7.42. The van der Waals surface area contributed by atoms with Crippen molar-refractivity contribution in [3.8, 4) is 11.5 Å². The Hall–Kier alpha value is -3.63. The van der Waals surface area contributed by atoms with Crippen molar-refractivity contribution in [1.29, 1.82) is 0 Å². The summed E-state index contributed by atoms with van der Waals surface area (Å²) in [6, 6.07) is 5.52. The summed E-state index contributed by atoms with van der Waals surface area (Å²) in [5, 5.41) is 19.7. The highest BCUT2D eigenvalue weighted by Crippen LogP contribution is 2.49. The Balaban J connectivity index is 1.63. The fraction of sp³-hybridized carbons (Fsp3) is 0.462. The Bertz CT molecular complexity index is 1300. The van der Waals surface area contributed by atoms with E-state index in [4.69, 9.17) is 9.05 Å². The second kappa shape index (κ2) is 10.4. The van der Waals surface area contributed by atoms with Crippen molar-refractivity contribution in [3.63, 3.8) is 0 Å². The van der Waals surface area contributed by atoms with E-state index >= 15 is 0 Å². The van der Waals surface area contributed by atoms with Crippen LogP contribution in [0, 0.1) is 18.7 Å². The van der Waals surface area contributed by atoms with Crippen LogP contribution in [-0.4, -0.2) is 27.3 Å². The topological polar surface area (TPSA) is 118 Å². The second-order valence-electron chi connectivity index (χ2n) is 9.80. The first-order valence-corrected chi connectivity index (χ1v) is 12.1. The zero-order valence-corrected chi connectivity index (χ0v) is 20.7. The number of carboxylic acids is 1. The van der Waals surface area contributed by atoms with Crippen molar-refractivity contribution in [2.75, 3.05) is 5.32 Å². The number of amides is 1. The van der Waals surface area contributed by atoms with Gasteiger partial charge in [-0.05, 0) is 49.8 Å². The molecule has 1 aliphatic rings. The summed E-state index contributed by atoms with van der Waals surface area (Å²) in [7, 11) is 0. The van der Waals surface area contributed by atoms with Crippen LogP contribution in [0.25, 0.3) is 11.5 Å². The Labute approximate surface area is 211 Å². The molecule has 4 rings (SSSR count). The largest absolute Gasteiger partial charge is 0.481 e. The number of hydrogen-bond donors (Lipinski definition) is 2. The molecule has 198 valence electrons. The van der Waals surface area contributed by atoms with Crippen molar-refractivity contribution < 1.29 is 36.9 Å². The minimum absolute atomic E-state index is 0.00643. The number of carbonyl (C=O) groups excluding carboxylic acids is 1. The van der Waals surface area contributed by atoms with Crippen LogP contribution in [0.1, 0.15) is 80.4 Å². The van der Waals surface area contributed by atoms with Gasteiger partial charge in [-0.2, -0.15) is 8.78 Å². The molecule has 0 unspecified atom stereocenters. The van der Waals surface area contributed by atoms with Crippen LogP contribution in [0.5, 0.6) is 0 Å². The summed E-state index contributed by atoms with van der Waals surface area (Å²) in [5.41, 5.74) is 1.74. The Morgan fingerprint density at radius 1 is 1.19 bits per heavy atom. The molecule has 2 N–H and O–H groups in total. The maximum Gasteiger partial charge on any atom is 0.309 e. The number of aryl methyl sites for hydroxylation is 1. The van der Waals surface area contributed by atoms with Gasteiger partial charge < -0.3 is 19.5 Å². The number of carboxylic acid groups (broad SMARTS) is 1. The van der Waals surface area contributed by atoms with Gasteiger partial charge >= 0.3 is 11.9 Å². The summed E-state index contributed by atoms with van der Waals surface area (Å²) in [6.45, 7) is 4.45. The zero-order valence-electron chi connectivity index (χ0n) is 20.7. The highest BCUT2D eigenvalue weighted by Gasteiger charge is 2.42. The van der Waals surface area contributed by atoms with E-state index in [9.17, 15) is 27.9 Å². The quantitative estimate of drug-likeness (QED) is 0.302. The first-order chi connectivity index (χ1) is 17.5. The maximum atomic E-state index is 14.5. The van der Waals surface area contributed by atoms with E-state index in [2.05, 4.69) is 15.6 Å². The average molecular weight is 520 g/mol. The molecule has 0 saturated heterocycles. The predicted octanol–water partition coefficient (Wildman–Crippen LogP) is 6.38. The summed E-state index contributed by atoms with van der Waals surface area (Å²) in [4.78, 5) is 24.1. The van der Waals surface area contributed by atoms with Crippen LogP contribution in [0.15, 0.2) is 33.3 Å². The van der Waals surface area contributed by atoms with E-state index in [0.29, 0.717) is 16.8 Å². The highest BCUT2D eigenvalue weighted by molar-refractivity contribution is 5.91. The number of carbonyl (C=O) groups is 2. The fourth-order valence-electron chi connectivity index (χ4n) is 4.16. The number of aliphatic carboxylic acids is 1. The highest BCUT2D eigenvalue weighted by atomic mass is 19.3. The van der Waals surface area contributed by atoms with Crippen molar-refractivity contribution in [2.45, 2.75) is 70.6 Å². The molecule has 3 aromatic rings. The van der Waals surface area contributed by atoms with Gasteiger partial charge in [0.05, 0.1) is 11.4 Å². The minimum Gasteiger partial charge on any atom is -0.481 e. The lowest BCUT2D eigenvalue weighted by Crippen LogP contribution is -2.19. The SMILES string of the molecule is Cc1ccc(NC(=O)C[C@@H](CCC(=O)O)c2noc(-c3cc(C(F)(F)C(C)C)on3)c2C2CC2)c(F)c1. The summed E-state index contributed by atoms with van der Waals surface area (Å²) in [6.07, 6.45) is 1.24. The molecule has 0 bridgehead atoms. The Morgan fingerprint density at radius 3 is 2.54 bits per heavy atom. The van der Waals surface area contributed by atoms with E-state index in [1.54, 1.807) is 13.0 Å². The molecule has 1 aliphatic carbocycles. The molecule has 1 fully saturated rings. The second-order valence-corrected chi connectivity index (χ2v) is 9.80. The molecule has 0 aliphatic heterocycles. The van der Waals surface area contributed by atoms with Gasteiger partial charge in [0.25, 0.3) is 0 Å². The van der Waals surface area contributed by atoms with Gasteiger partial charge in [-0.3, -0.25) is 9.59 Å². The molecule has 1 saturated carbocycles. The maximum absolute atomic E-state index is 14.5. The lowest BCUT2D eigenvalue weighted by molar-refractivity contribution is -0.137. The molecule has 8 nitrogen and oxygen atoms in total. The number of halogens is 3. The minimum atomic E-state index is -3.23. The number of aromatic nitrogens is 2. The molecule has 0 spiro atoms. The average Bonchev–Trinajstić information content (AvgIpc) is 3.36. The van der Waals surface area contributed by atoms with Gasteiger partial charge in [-0.1, -0.05) is 30.2 Å². The standard InChI is InChI=1S/C26H28F3N3O5/c1-13(2)26(28,29)20-12-19(31-36-20)25-23(15-5-6-15)24(32-37-25)16(7-9-22(34)35)11-21(33)30-18-8-4-14(3)10-17(18)27/h4,8,10,12-13,15-16H,5-7,9,11H2,1-3H3,(H,30,33)(H,34,35)/t16-/m1/s1. The van der Waals surface area contributed by atoms with Gasteiger partial charge in [0, 0.05) is 36.3 Å². The van der Waals surface area contributed by atoms with Crippen LogP contribution >= 0.6 is 0 Å². The van der Waals surface area contributed by atoms with E-state index in [1.165, 1.54) is 26.0 Å². The van der Waals surface area contributed by atoms with Crippen LogP contribution in [0.3, 0.4) is 0 Å². The lowest BCUT2D eigenvalue weighted by atomic mass is 9.90. The zero-order chi connectivity index (χ0) is 26.9. The van der Waals surface area contributed by atoms with Gasteiger partial charge in [0.1, 0.15) is 5.82 Å². The van der Waals surface area contributed by atoms with Crippen molar-refractivity contribution in [1.82, 2.24) is 10.3 Å². The molecule has 37 heavy (non-hydrogen) atoms. The van der Waals surface area contributed by atoms with Gasteiger partial charge in [0.2, 0.25) is 11.7 Å². The third-order valence-electron chi connectivity index (χ3n) is 6.46. The number of alkyl halides is 2. The van der Waals surface area contributed by atoms with Crippen molar-refractivity contribution in [2.24, 2.45) is 5.92 Å². The number of rotatable bonds is 11. The monoisotopic (exact) mass is 519 g/mol. The molecule has 1 atom stereocenters. The van der Waals surface area contributed by atoms with Crippen LogP contribution in [0.4, 0.5) is 18.9 Å². The lowest BCUT2D eigenvalue weighted by Gasteiger charge is -2.16. The van der Waals surface area contributed by atoms with Gasteiger partial charge in [0.15, 0.2) is 11.5 Å². The number of nitrogens with zero attached hydrogens (tertiary/aromatic N) is 2. The first kappa shape index (κ1) is 26.4. The molecule has 1 aromatic carbocycles. The number of benzene rings is 1. The summed E-state index contributed by atoms with van der Waals surface area (Å²) < 4.78 is 53.6. The molecule has 0 radical (unpaired) electrons. The molecule has 2 heterocycles. The number of hydrogen-bond acceptors (Lipinski definition) is 6. The fourth-order valence-corrected chi connectivity index (χ4v) is 4.16. The van der Waals surface area contributed by atoms with Crippen LogP contribution < -0.4 is 5.32 Å². The summed E-state index contributed by atoms with van der Waals surface area (Å²) >= 11 is 0. The molecule has 1 amide bonds. The smallest absolute Gasteiger partial charge is 0.309 e. The van der Waals surface area contributed by atoms with Crippen molar-refractivity contribution in [3.05, 3.63) is 52.7 Å². The van der Waals surface area contributed by atoms with E-state index in [1.807, 2.05) is 0 Å². The molecular formula is C26H28F3N3O5.